The van der Waals surface area contributed by atoms with E-state index in [-0.39, 0.29) is 5.91 Å². The van der Waals surface area contributed by atoms with E-state index in [1.807, 2.05) is 11.3 Å². The van der Waals surface area contributed by atoms with Gasteiger partial charge in [-0.1, -0.05) is 0 Å². The van der Waals surface area contributed by atoms with Crippen molar-refractivity contribution in [2.24, 2.45) is 5.73 Å². The van der Waals surface area contributed by atoms with Crippen LogP contribution >= 0.6 is 11.3 Å². The molecule has 1 saturated heterocycles. The number of fused-ring (bicyclic) bond motifs is 3. The number of amides is 1. The molecule has 0 unspecified atom stereocenters. The van der Waals surface area contributed by atoms with Crippen molar-refractivity contribution in [1.29, 1.82) is 0 Å². The molecule has 3 heterocycles. The minimum Gasteiger partial charge on any atom is -0.369 e. The molecule has 0 saturated carbocycles. The van der Waals surface area contributed by atoms with Gasteiger partial charge in [0.05, 0.1) is 11.9 Å². The molecule has 2 aromatic heterocycles. The van der Waals surface area contributed by atoms with Gasteiger partial charge in [0.15, 0.2) is 0 Å². The number of nitrogens with two attached hydrogens (primary N) is 1. The van der Waals surface area contributed by atoms with Crippen LogP contribution in [0.3, 0.4) is 0 Å². The quantitative estimate of drug-likeness (QED) is 0.914. The summed E-state index contributed by atoms with van der Waals surface area (Å²) in [7, 11) is 0. The van der Waals surface area contributed by atoms with Crippen LogP contribution in [-0.4, -0.2) is 53.5 Å². The van der Waals surface area contributed by atoms with E-state index in [1.54, 1.807) is 6.33 Å². The van der Waals surface area contributed by atoms with E-state index in [9.17, 15) is 4.79 Å². The molecule has 0 spiro atoms. The Hall–Kier alpha value is -1.73. The van der Waals surface area contributed by atoms with Crippen LogP contribution in [0.2, 0.25) is 0 Å². The molecule has 1 aliphatic heterocycles. The zero-order chi connectivity index (χ0) is 16.5. The largest absolute Gasteiger partial charge is 0.369 e. The first-order chi connectivity index (χ1) is 11.7. The van der Waals surface area contributed by atoms with Crippen LogP contribution in [0.5, 0.6) is 0 Å². The Morgan fingerprint density at radius 2 is 2.00 bits per heavy atom. The second-order valence-electron chi connectivity index (χ2n) is 6.67. The van der Waals surface area contributed by atoms with Gasteiger partial charge in [0.1, 0.15) is 17.0 Å². The Morgan fingerprint density at radius 1 is 1.12 bits per heavy atom. The summed E-state index contributed by atoms with van der Waals surface area (Å²) in [5.74, 6) is 0.833. The number of hydrogen-bond donors (Lipinski definition) is 1. The van der Waals surface area contributed by atoms with Gasteiger partial charge in [-0.15, -0.1) is 11.3 Å². The van der Waals surface area contributed by atoms with Crippen LogP contribution in [-0.2, 0) is 17.6 Å². The van der Waals surface area contributed by atoms with Crippen molar-refractivity contribution < 1.29 is 4.79 Å². The molecule has 1 fully saturated rings. The van der Waals surface area contributed by atoms with Crippen molar-refractivity contribution in [3.05, 3.63) is 16.8 Å². The van der Waals surface area contributed by atoms with Crippen LogP contribution < -0.4 is 10.6 Å². The number of hydrogen-bond acceptors (Lipinski definition) is 6. The molecule has 2 aliphatic rings. The maximum absolute atomic E-state index is 11.2. The molecule has 7 heteroatoms. The number of nitrogens with zero attached hydrogens (tertiary/aromatic N) is 4. The molecule has 0 radical (unpaired) electrons. The van der Waals surface area contributed by atoms with Crippen molar-refractivity contribution in [2.75, 3.05) is 37.6 Å². The molecular weight excluding hydrogens is 322 g/mol. The van der Waals surface area contributed by atoms with Gasteiger partial charge in [-0.3, -0.25) is 9.69 Å². The van der Waals surface area contributed by atoms with Crippen molar-refractivity contribution in [2.45, 2.75) is 32.1 Å². The average molecular weight is 345 g/mol. The molecule has 0 bridgehead atoms. The minimum absolute atomic E-state index is 0.250. The lowest BCUT2D eigenvalue weighted by Gasteiger charge is -2.23. The molecule has 0 aromatic carbocycles. The third kappa shape index (κ3) is 2.98. The van der Waals surface area contributed by atoms with E-state index in [4.69, 9.17) is 5.73 Å². The molecule has 0 atom stereocenters. The van der Waals surface area contributed by atoms with Gasteiger partial charge in [-0.25, -0.2) is 9.97 Å². The van der Waals surface area contributed by atoms with E-state index < -0.39 is 0 Å². The van der Waals surface area contributed by atoms with Gasteiger partial charge in [0.2, 0.25) is 5.91 Å². The SMILES string of the molecule is NC(=O)CN1CCCN(c2ncnc3sc4c(c23)CCCC4)CC1. The maximum atomic E-state index is 11.2. The zero-order valence-electron chi connectivity index (χ0n) is 13.8. The van der Waals surface area contributed by atoms with Crippen molar-refractivity contribution in [3.8, 4) is 0 Å². The summed E-state index contributed by atoms with van der Waals surface area (Å²) in [6.07, 6.45) is 7.60. The van der Waals surface area contributed by atoms with E-state index in [2.05, 4.69) is 19.8 Å². The van der Waals surface area contributed by atoms with Crippen LogP contribution in [0, 0.1) is 0 Å². The first-order valence-corrected chi connectivity index (χ1v) is 9.55. The number of aryl methyl sites for hydroxylation is 2. The Bertz CT molecular complexity index is 759. The third-order valence-corrected chi connectivity index (χ3v) is 6.20. The van der Waals surface area contributed by atoms with E-state index in [0.29, 0.717) is 6.54 Å². The van der Waals surface area contributed by atoms with E-state index in [1.165, 1.54) is 35.1 Å². The fourth-order valence-corrected chi connectivity index (χ4v) is 5.10. The lowest BCUT2D eigenvalue weighted by molar-refractivity contribution is -0.119. The van der Waals surface area contributed by atoms with Gasteiger partial charge >= 0.3 is 0 Å². The highest BCUT2D eigenvalue weighted by atomic mass is 32.1. The zero-order valence-corrected chi connectivity index (χ0v) is 14.6. The molecule has 4 rings (SSSR count). The van der Waals surface area contributed by atoms with Crippen LogP contribution in [0.25, 0.3) is 10.2 Å². The Balaban J connectivity index is 1.64. The first kappa shape index (κ1) is 15.8. The number of carbonyl (C=O) groups excluding carboxylic acids is 1. The summed E-state index contributed by atoms with van der Waals surface area (Å²) in [5, 5.41) is 1.28. The highest BCUT2D eigenvalue weighted by Gasteiger charge is 2.24. The summed E-state index contributed by atoms with van der Waals surface area (Å²) in [6.45, 7) is 3.95. The molecular formula is C17H23N5OS. The molecule has 1 aliphatic carbocycles. The van der Waals surface area contributed by atoms with Gasteiger partial charge in [-0.2, -0.15) is 0 Å². The average Bonchev–Trinajstić information content (AvgIpc) is 2.80. The third-order valence-electron chi connectivity index (χ3n) is 5.00. The Labute approximate surface area is 145 Å². The lowest BCUT2D eigenvalue weighted by Crippen LogP contribution is -2.36. The number of anilines is 1. The van der Waals surface area contributed by atoms with Crippen LogP contribution in [0.1, 0.15) is 29.7 Å². The standard InChI is InChI=1S/C17H23N5OS/c18-14(23)10-21-6-3-7-22(9-8-21)16-15-12-4-1-2-5-13(12)24-17(15)20-11-19-16/h11H,1-10H2,(H2,18,23). The maximum Gasteiger partial charge on any atom is 0.231 e. The van der Waals surface area contributed by atoms with E-state index in [0.717, 1.165) is 49.7 Å². The van der Waals surface area contributed by atoms with Crippen molar-refractivity contribution in [1.82, 2.24) is 14.9 Å². The fourth-order valence-electron chi connectivity index (χ4n) is 3.87. The molecule has 24 heavy (non-hydrogen) atoms. The predicted octanol–water partition coefficient (Wildman–Crippen LogP) is 1.57. The highest BCUT2D eigenvalue weighted by molar-refractivity contribution is 7.19. The summed E-state index contributed by atoms with van der Waals surface area (Å²) in [4.78, 5) is 27.5. The molecule has 2 N–H and O–H groups in total. The summed E-state index contributed by atoms with van der Waals surface area (Å²) < 4.78 is 0. The number of carbonyl (C=O) groups is 1. The van der Waals surface area contributed by atoms with Gasteiger partial charge < -0.3 is 10.6 Å². The summed E-state index contributed by atoms with van der Waals surface area (Å²) >= 11 is 1.84. The highest BCUT2D eigenvalue weighted by Crippen LogP contribution is 2.39. The minimum atomic E-state index is -0.250. The van der Waals surface area contributed by atoms with Crippen molar-refractivity contribution >= 4 is 33.3 Å². The van der Waals surface area contributed by atoms with Gasteiger partial charge in [-0.05, 0) is 37.7 Å². The van der Waals surface area contributed by atoms with Crippen LogP contribution in [0.15, 0.2) is 6.33 Å². The Morgan fingerprint density at radius 3 is 2.88 bits per heavy atom. The second-order valence-corrected chi connectivity index (χ2v) is 7.76. The smallest absolute Gasteiger partial charge is 0.231 e. The van der Waals surface area contributed by atoms with Crippen LogP contribution in [0.4, 0.5) is 5.82 Å². The topological polar surface area (TPSA) is 75.4 Å². The number of primary amides is 1. The lowest BCUT2D eigenvalue weighted by atomic mass is 9.97. The normalized spacial score (nSPS) is 19.2. The predicted molar refractivity (Wildman–Crippen MR) is 96.5 cm³/mol. The summed E-state index contributed by atoms with van der Waals surface area (Å²) in [5.41, 5.74) is 6.82. The molecule has 1 amide bonds. The molecule has 128 valence electrons. The number of thiophene rings is 1. The Kier molecular flexibility index (Phi) is 4.37. The fraction of sp³-hybridized carbons (Fsp3) is 0.588. The number of rotatable bonds is 3. The van der Waals surface area contributed by atoms with E-state index >= 15 is 0 Å². The summed E-state index contributed by atoms with van der Waals surface area (Å²) in [6, 6.07) is 0. The first-order valence-electron chi connectivity index (χ1n) is 8.73. The van der Waals surface area contributed by atoms with Gasteiger partial charge in [0, 0.05) is 31.1 Å². The second kappa shape index (κ2) is 6.64. The molecule has 6 nitrogen and oxygen atoms in total. The molecule has 2 aromatic rings. The monoisotopic (exact) mass is 345 g/mol. The van der Waals surface area contributed by atoms with Crippen molar-refractivity contribution in [3.63, 3.8) is 0 Å². The van der Waals surface area contributed by atoms with Gasteiger partial charge in [0.25, 0.3) is 0 Å². The number of aromatic nitrogens is 2.